The van der Waals surface area contributed by atoms with Gasteiger partial charge in [-0.2, -0.15) is 0 Å². The van der Waals surface area contributed by atoms with Gasteiger partial charge in [-0.3, -0.25) is 9.69 Å². The number of carbonyl (C=O) groups excluding carboxylic acids is 1. The number of hydrogen-bond acceptors (Lipinski definition) is 5. The molecule has 0 radical (unpaired) electrons. The maximum absolute atomic E-state index is 12.4. The van der Waals surface area contributed by atoms with Gasteiger partial charge in [0.15, 0.2) is 0 Å². The summed E-state index contributed by atoms with van der Waals surface area (Å²) in [5.74, 6) is -0.0342. The third-order valence-electron chi connectivity index (χ3n) is 4.60. The molecule has 0 aromatic heterocycles. The summed E-state index contributed by atoms with van der Waals surface area (Å²) in [5.41, 5.74) is 2.47. The second-order valence-electron chi connectivity index (χ2n) is 6.39. The fourth-order valence-electron chi connectivity index (χ4n) is 3.27. The van der Waals surface area contributed by atoms with Gasteiger partial charge in [0.2, 0.25) is 0 Å². The number of aryl methyl sites for hydroxylation is 1. The Morgan fingerprint density at radius 1 is 1.38 bits per heavy atom. The number of rotatable bonds is 5. The number of nitrogens with one attached hydrogen (secondary N) is 2. The Labute approximate surface area is 143 Å². The van der Waals surface area contributed by atoms with E-state index < -0.39 is 0 Å². The molecule has 6 heteroatoms. The van der Waals surface area contributed by atoms with Crippen molar-refractivity contribution in [1.82, 2.24) is 15.5 Å². The third-order valence-corrected chi connectivity index (χ3v) is 4.60. The lowest BCUT2D eigenvalue weighted by Crippen LogP contribution is -2.50. The standard InChI is InChI=1S/C18H27N3O3/c1-14-3-2-4-15(11-14)16(21-6-9-23-10-7-21)12-20-18(22)17-13-19-5-8-24-17/h2-4,11,16-17,19H,5-10,12-13H2,1H3,(H,20,22). The van der Waals surface area contributed by atoms with Crippen LogP contribution >= 0.6 is 0 Å². The van der Waals surface area contributed by atoms with E-state index in [9.17, 15) is 4.79 Å². The summed E-state index contributed by atoms with van der Waals surface area (Å²) in [4.78, 5) is 14.8. The Kier molecular flexibility index (Phi) is 6.20. The summed E-state index contributed by atoms with van der Waals surface area (Å²) >= 11 is 0. The van der Waals surface area contributed by atoms with Gasteiger partial charge >= 0.3 is 0 Å². The number of carbonyl (C=O) groups is 1. The van der Waals surface area contributed by atoms with Crippen LogP contribution in [-0.4, -0.2) is 69.5 Å². The first kappa shape index (κ1) is 17.4. The van der Waals surface area contributed by atoms with Crippen LogP contribution in [0.25, 0.3) is 0 Å². The molecule has 2 aliphatic heterocycles. The van der Waals surface area contributed by atoms with Crippen molar-refractivity contribution in [3.8, 4) is 0 Å². The average Bonchev–Trinajstić information content (AvgIpc) is 2.63. The summed E-state index contributed by atoms with van der Waals surface area (Å²) in [6.07, 6.45) is -0.387. The highest BCUT2D eigenvalue weighted by atomic mass is 16.5. The van der Waals surface area contributed by atoms with E-state index in [0.717, 1.165) is 32.8 Å². The van der Waals surface area contributed by atoms with Crippen LogP contribution in [0.4, 0.5) is 0 Å². The van der Waals surface area contributed by atoms with Crippen LogP contribution in [0, 0.1) is 6.92 Å². The highest BCUT2D eigenvalue weighted by Gasteiger charge is 2.26. The first-order valence-corrected chi connectivity index (χ1v) is 8.72. The van der Waals surface area contributed by atoms with Gasteiger partial charge in [-0.25, -0.2) is 0 Å². The molecule has 0 saturated carbocycles. The number of morpholine rings is 2. The normalized spacial score (nSPS) is 23.6. The van der Waals surface area contributed by atoms with Gasteiger partial charge in [-0.15, -0.1) is 0 Å². The van der Waals surface area contributed by atoms with Crippen LogP contribution in [-0.2, 0) is 14.3 Å². The Hall–Kier alpha value is -1.47. The first-order valence-electron chi connectivity index (χ1n) is 8.72. The van der Waals surface area contributed by atoms with Gasteiger partial charge in [0, 0.05) is 32.7 Å². The van der Waals surface area contributed by atoms with Crippen molar-refractivity contribution in [2.75, 3.05) is 52.5 Å². The lowest BCUT2D eigenvalue weighted by molar-refractivity contribution is -0.134. The van der Waals surface area contributed by atoms with E-state index in [1.54, 1.807) is 0 Å². The van der Waals surface area contributed by atoms with E-state index >= 15 is 0 Å². The topological polar surface area (TPSA) is 62.8 Å². The summed E-state index contributed by atoms with van der Waals surface area (Å²) in [6, 6.07) is 8.67. The molecule has 2 saturated heterocycles. The zero-order valence-electron chi connectivity index (χ0n) is 14.3. The summed E-state index contributed by atoms with van der Waals surface area (Å²) < 4.78 is 11.0. The molecule has 1 aromatic carbocycles. The van der Waals surface area contributed by atoms with Gasteiger partial charge in [-0.1, -0.05) is 29.8 Å². The van der Waals surface area contributed by atoms with Crippen molar-refractivity contribution in [2.24, 2.45) is 0 Å². The van der Waals surface area contributed by atoms with Crippen LogP contribution in [0.5, 0.6) is 0 Å². The summed E-state index contributed by atoms with van der Waals surface area (Å²) in [7, 11) is 0. The summed E-state index contributed by atoms with van der Waals surface area (Å²) in [5, 5.41) is 6.27. The first-order chi connectivity index (χ1) is 11.7. The third kappa shape index (κ3) is 4.54. The van der Waals surface area contributed by atoms with Gasteiger partial charge in [-0.05, 0) is 12.5 Å². The number of hydrogen-bond donors (Lipinski definition) is 2. The average molecular weight is 333 g/mol. The molecule has 1 amide bonds. The van der Waals surface area contributed by atoms with Gasteiger partial charge in [0.1, 0.15) is 6.10 Å². The van der Waals surface area contributed by atoms with Gasteiger partial charge in [0.05, 0.1) is 25.9 Å². The van der Waals surface area contributed by atoms with E-state index in [-0.39, 0.29) is 18.1 Å². The van der Waals surface area contributed by atoms with E-state index in [2.05, 4.69) is 46.7 Å². The summed E-state index contributed by atoms with van der Waals surface area (Å²) in [6.45, 7) is 7.91. The monoisotopic (exact) mass is 333 g/mol. The predicted octanol–water partition coefficient (Wildman–Crippen LogP) is 0.473. The molecule has 2 fully saturated rings. The Morgan fingerprint density at radius 3 is 2.92 bits per heavy atom. The molecule has 0 bridgehead atoms. The van der Waals surface area contributed by atoms with Crippen molar-refractivity contribution < 1.29 is 14.3 Å². The highest BCUT2D eigenvalue weighted by molar-refractivity contribution is 5.81. The molecule has 3 rings (SSSR count). The molecular formula is C18H27N3O3. The van der Waals surface area contributed by atoms with Crippen molar-refractivity contribution in [3.05, 3.63) is 35.4 Å². The Morgan fingerprint density at radius 2 is 2.21 bits per heavy atom. The molecule has 24 heavy (non-hydrogen) atoms. The molecular weight excluding hydrogens is 306 g/mol. The minimum atomic E-state index is -0.387. The van der Waals surface area contributed by atoms with E-state index in [0.29, 0.717) is 19.7 Å². The molecule has 1 aromatic rings. The number of nitrogens with zero attached hydrogens (tertiary/aromatic N) is 1. The molecule has 6 nitrogen and oxygen atoms in total. The smallest absolute Gasteiger partial charge is 0.250 e. The van der Waals surface area contributed by atoms with Crippen molar-refractivity contribution in [3.63, 3.8) is 0 Å². The maximum Gasteiger partial charge on any atom is 0.250 e. The quantitative estimate of drug-likeness (QED) is 0.820. The van der Waals surface area contributed by atoms with Gasteiger partial charge in [0.25, 0.3) is 5.91 Å². The molecule has 2 atom stereocenters. The number of amides is 1. The van der Waals surface area contributed by atoms with E-state index in [4.69, 9.17) is 9.47 Å². The Balaban J connectivity index is 1.66. The molecule has 132 valence electrons. The van der Waals surface area contributed by atoms with E-state index in [1.807, 2.05) is 0 Å². The lowest BCUT2D eigenvalue weighted by atomic mass is 10.0. The molecule has 2 unspecified atom stereocenters. The molecule has 0 aliphatic carbocycles. The molecule has 2 heterocycles. The van der Waals surface area contributed by atoms with Crippen LogP contribution in [0.1, 0.15) is 17.2 Å². The van der Waals surface area contributed by atoms with Crippen molar-refractivity contribution in [1.29, 1.82) is 0 Å². The van der Waals surface area contributed by atoms with Crippen molar-refractivity contribution >= 4 is 5.91 Å². The second kappa shape index (κ2) is 8.58. The molecule has 2 aliphatic rings. The van der Waals surface area contributed by atoms with Crippen LogP contribution in [0.15, 0.2) is 24.3 Å². The Bertz CT molecular complexity index is 540. The number of ether oxygens (including phenoxy) is 2. The largest absolute Gasteiger partial charge is 0.379 e. The van der Waals surface area contributed by atoms with Crippen LogP contribution in [0.3, 0.4) is 0 Å². The minimum Gasteiger partial charge on any atom is -0.379 e. The maximum atomic E-state index is 12.4. The zero-order valence-corrected chi connectivity index (χ0v) is 14.3. The fraction of sp³-hybridized carbons (Fsp3) is 0.611. The SMILES string of the molecule is Cc1cccc(C(CNC(=O)C2CNCCO2)N2CCOCC2)c1. The van der Waals surface area contributed by atoms with Crippen LogP contribution < -0.4 is 10.6 Å². The van der Waals surface area contributed by atoms with Gasteiger partial charge < -0.3 is 20.1 Å². The second-order valence-corrected chi connectivity index (χ2v) is 6.39. The predicted molar refractivity (Wildman–Crippen MR) is 91.9 cm³/mol. The van der Waals surface area contributed by atoms with Crippen LogP contribution in [0.2, 0.25) is 0 Å². The van der Waals surface area contributed by atoms with E-state index in [1.165, 1.54) is 11.1 Å². The zero-order chi connectivity index (χ0) is 16.8. The highest BCUT2D eigenvalue weighted by Crippen LogP contribution is 2.22. The molecule has 0 spiro atoms. The molecule has 2 N–H and O–H groups in total. The lowest BCUT2D eigenvalue weighted by Gasteiger charge is -2.35. The fourth-order valence-corrected chi connectivity index (χ4v) is 3.27. The minimum absolute atomic E-state index is 0.0342. The van der Waals surface area contributed by atoms with Crippen molar-refractivity contribution in [2.45, 2.75) is 19.1 Å². The number of benzene rings is 1.